The monoisotopic (exact) mass is 195 g/mol. The summed E-state index contributed by atoms with van der Waals surface area (Å²) in [5.74, 6) is 0.987. The number of nitrogens with one attached hydrogen (secondary N) is 1. The summed E-state index contributed by atoms with van der Waals surface area (Å²) >= 11 is 0. The Morgan fingerprint density at radius 3 is 2.29 bits per heavy atom. The van der Waals surface area contributed by atoms with E-state index in [4.69, 9.17) is 0 Å². The molecule has 2 fully saturated rings. The van der Waals surface area contributed by atoms with Crippen LogP contribution in [0.1, 0.15) is 64.7 Å². The van der Waals surface area contributed by atoms with E-state index >= 15 is 0 Å². The van der Waals surface area contributed by atoms with Gasteiger partial charge in [0.2, 0.25) is 0 Å². The maximum atomic E-state index is 3.83. The first-order chi connectivity index (χ1) is 6.79. The maximum absolute atomic E-state index is 3.83. The van der Waals surface area contributed by atoms with Crippen molar-refractivity contribution >= 4 is 0 Å². The molecule has 1 heteroatoms. The van der Waals surface area contributed by atoms with Gasteiger partial charge < -0.3 is 5.32 Å². The Bertz CT molecular complexity index is 164. The van der Waals surface area contributed by atoms with Crippen LogP contribution in [-0.4, -0.2) is 12.1 Å². The van der Waals surface area contributed by atoms with Gasteiger partial charge in [0.05, 0.1) is 0 Å². The molecule has 2 aliphatic rings. The fourth-order valence-electron chi connectivity index (χ4n) is 3.11. The quantitative estimate of drug-likeness (QED) is 0.727. The van der Waals surface area contributed by atoms with E-state index in [-0.39, 0.29) is 0 Å². The average molecular weight is 195 g/mol. The van der Waals surface area contributed by atoms with Crippen molar-refractivity contribution in [3.05, 3.63) is 0 Å². The lowest BCUT2D eigenvalue weighted by atomic mass is 9.88. The van der Waals surface area contributed by atoms with Gasteiger partial charge in [-0.3, -0.25) is 0 Å². The third-order valence-corrected chi connectivity index (χ3v) is 4.25. The molecule has 1 nitrogen and oxygen atoms in total. The van der Waals surface area contributed by atoms with Crippen LogP contribution in [0, 0.1) is 5.92 Å². The largest absolute Gasteiger partial charge is 0.311 e. The van der Waals surface area contributed by atoms with Crippen molar-refractivity contribution < 1.29 is 0 Å². The predicted molar refractivity (Wildman–Crippen MR) is 61.5 cm³/mol. The molecule has 2 saturated carbocycles. The maximum Gasteiger partial charge on any atom is 0.0153 e. The van der Waals surface area contributed by atoms with Gasteiger partial charge in [-0.2, -0.15) is 0 Å². The molecule has 0 spiro atoms. The second kappa shape index (κ2) is 4.65. The lowest BCUT2D eigenvalue weighted by Crippen LogP contribution is -2.42. The topological polar surface area (TPSA) is 12.0 Å². The Kier molecular flexibility index (Phi) is 3.48. The van der Waals surface area contributed by atoms with Crippen molar-refractivity contribution in [2.75, 3.05) is 6.54 Å². The Labute approximate surface area is 88.7 Å². The van der Waals surface area contributed by atoms with Crippen molar-refractivity contribution in [1.29, 1.82) is 0 Å². The summed E-state index contributed by atoms with van der Waals surface area (Å²) in [4.78, 5) is 0. The molecule has 0 aromatic carbocycles. The second-order valence-electron chi connectivity index (χ2n) is 5.65. The first-order valence-electron chi connectivity index (χ1n) is 6.54. The summed E-state index contributed by atoms with van der Waals surface area (Å²) in [6.45, 7) is 3.71. The predicted octanol–water partition coefficient (Wildman–Crippen LogP) is 3.49. The molecule has 82 valence electrons. The summed E-state index contributed by atoms with van der Waals surface area (Å²) in [6.07, 6.45) is 13.1. The lowest BCUT2D eigenvalue weighted by molar-refractivity contribution is 0.284. The second-order valence-corrected chi connectivity index (χ2v) is 5.65. The molecule has 0 unspecified atom stereocenters. The summed E-state index contributed by atoms with van der Waals surface area (Å²) in [5.41, 5.74) is 0.497. The minimum absolute atomic E-state index is 0.497. The van der Waals surface area contributed by atoms with Gasteiger partial charge in [-0.15, -0.1) is 0 Å². The van der Waals surface area contributed by atoms with Crippen LogP contribution in [0.4, 0.5) is 0 Å². The summed E-state index contributed by atoms with van der Waals surface area (Å²) in [6, 6.07) is 0. The number of hydrogen-bond acceptors (Lipinski definition) is 1. The first kappa shape index (κ1) is 10.5. The summed E-state index contributed by atoms with van der Waals surface area (Å²) in [5, 5.41) is 3.83. The fraction of sp³-hybridized carbons (Fsp3) is 1.00. The smallest absolute Gasteiger partial charge is 0.0153 e. The van der Waals surface area contributed by atoms with E-state index in [9.17, 15) is 0 Å². The van der Waals surface area contributed by atoms with E-state index in [1.54, 1.807) is 0 Å². The van der Waals surface area contributed by atoms with Gasteiger partial charge in [0.25, 0.3) is 0 Å². The zero-order chi connectivity index (χ0) is 9.86. The molecule has 0 aromatic heterocycles. The highest BCUT2D eigenvalue weighted by molar-refractivity contribution is 4.88. The van der Waals surface area contributed by atoms with E-state index < -0.39 is 0 Å². The van der Waals surface area contributed by atoms with Gasteiger partial charge in [-0.05, 0) is 45.1 Å². The van der Waals surface area contributed by atoms with Crippen LogP contribution < -0.4 is 5.32 Å². The highest BCUT2D eigenvalue weighted by Crippen LogP contribution is 2.30. The zero-order valence-electron chi connectivity index (χ0n) is 9.65. The van der Waals surface area contributed by atoms with Crippen LogP contribution in [0.2, 0.25) is 0 Å². The van der Waals surface area contributed by atoms with Gasteiger partial charge in [-0.1, -0.05) is 32.1 Å². The fourth-order valence-corrected chi connectivity index (χ4v) is 3.11. The Hall–Kier alpha value is -0.0400. The van der Waals surface area contributed by atoms with Crippen molar-refractivity contribution in [3.8, 4) is 0 Å². The van der Waals surface area contributed by atoms with Crippen molar-refractivity contribution in [3.63, 3.8) is 0 Å². The van der Waals surface area contributed by atoms with Crippen LogP contribution in [0.15, 0.2) is 0 Å². The third-order valence-electron chi connectivity index (χ3n) is 4.25. The molecule has 2 rings (SSSR count). The van der Waals surface area contributed by atoms with Crippen molar-refractivity contribution in [2.45, 2.75) is 70.3 Å². The third kappa shape index (κ3) is 2.73. The normalized spacial score (nSPS) is 28.1. The minimum Gasteiger partial charge on any atom is -0.311 e. The highest BCUT2D eigenvalue weighted by Gasteiger charge is 2.28. The molecule has 0 aromatic rings. The first-order valence-corrected chi connectivity index (χ1v) is 6.54. The SMILES string of the molecule is CC1(NCC2CCCCC2)CCCC1. The van der Waals surface area contributed by atoms with E-state index in [0.29, 0.717) is 5.54 Å². The van der Waals surface area contributed by atoms with E-state index in [1.807, 2.05) is 0 Å². The van der Waals surface area contributed by atoms with Crippen LogP contribution in [0.25, 0.3) is 0 Å². The molecule has 0 atom stereocenters. The number of rotatable bonds is 3. The molecule has 0 heterocycles. The number of hydrogen-bond donors (Lipinski definition) is 1. The van der Waals surface area contributed by atoms with Crippen LogP contribution in [0.3, 0.4) is 0 Å². The molecule has 0 saturated heterocycles. The van der Waals surface area contributed by atoms with E-state index in [0.717, 1.165) is 5.92 Å². The highest BCUT2D eigenvalue weighted by atomic mass is 15.0. The molecular weight excluding hydrogens is 170 g/mol. The summed E-state index contributed by atoms with van der Waals surface area (Å²) < 4.78 is 0. The van der Waals surface area contributed by atoms with Gasteiger partial charge in [0.15, 0.2) is 0 Å². The average Bonchev–Trinajstić information content (AvgIpc) is 2.65. The van der Waals surface area contributed by atoms with Crippen molar-refractivity contribution in [2.24, 2.45) is 5.92 Å². The molecular formula is C13H25N. The molecule has 0 aliphatic heterocycles. The van der Waals surface area contributed by atoms with Gasteiger partial charge in [0, 0.05) is 5.54 Å². The molecule has 0 radical (unpaired) electrons. The minimum atomic E-state index is 0.497. The molecule has 2 aliphatic carbocycles. The Morgan fingerprint density at radius 2 is 1.64 bits per heavy atom. The van der Waals surface area contributed by atoms with Crippen LogP contribution >= 0.6 is 0 Å². The summed E-state index contributed by atoms with van der Waals surface area (Å²) in [7, 11) is 0. The van der Waals surface area contributed by atoms with Crippen LogP contribution in [0.5, 0.6) is 0 Å². The molecule has 0 bridgehead atoms. The standard InChI is InChI=1S/C13H25N/c1-13(9-5-6-10-13)14-11-12-7-3-2-4-8-12/h12,14H,2-11H2,1H3. The lowest BCUT2D eigenvalue weighted by Gasteiger charge is -2.30. The molecule has 0 amide bonds. The van der Waals surface area contributed by atoms with Gasteiger partial charge >= 0.3 is 0 Å². The van der Waals surface area contributed by atoms with Gasteiger partial charge in [-0.25, -0.2) is 0 Å². The molecule has 1 N–H and O–H groups in total. The van der Waals surface area contributed by atoms with E-state index in [2.05, 4.69) is 12.2 Å². The van der Waals surface area contributed by atoms with E-state index in [1.165, 1.54) is 64.3 Å². The van der Waals surface area contributed by atoms with Crippen LogP contribution in [-0.2, 0) is 0 Å². The van der Waals surface area contributed by atoms with Crippen molar-refractivity contribution in [1.82, 2.24) is 5.32 Å². The molecule has 14 heavy (non-hydrogen) atoms. The Balaban J connectivity index is 1.70. The Morgan fingerprint density at radius 1 is 1.00 bits per heavy atom. The van der Waals surface area contributed by atoms with Gasteiger partial charge in [0.1, 0.15) is 0 Å². The zero-order valence-corrected chi connectivity index (χ0v) is 9.65.